The van der Waals surface area contributed by atoms with E-state index in [2.05, 4.69) is 32.9 Å². The number of amides is 1. The van der Waals surface area contributed by atoms with Crippen molar-refractivity contribution in [2.45, 2.75) is 103 Å². The summed E-state index contributed by atoms with van der Waals surface area (Å²) in [6.45, 7) is 8.80. The van der Waals surface area contributed by atoms with E-state index >= 15 is 0 Å². The van der Waals surface area contributed by atoms with E-state index in [9.17, 15) is 20.1 Å². The number of hydrogen-bond donors (Lipinski definition) is 3. The minimum atomic E-state index is -0.384. The minimum Gasteiger partial charge on any atom is -0.393 e. The van der Waals surface area contributed by atoms with Crippen LogP contribution in [0.15, 0.2) is 30.3 Å². The molecule has 4 aliphatic carbocycles. The van der Waals surface area contributed by atoms with Gasteiger partial charge in [0.25, 0.3) is 0 Å². The lowest BCUT2D eigenvalue weighted by molar-refractivity contribution is -0.207. The average Bonchev–Trinajstić information content (AvgIpc) is 3.32. The summed E-state index contributed by atoms with van der Waals surface area (Å²) in [6, 6.07) is 10.2. The van der Waals surface area contributed by atoms with Crippen LogP contribution in [0.5, 0.6) is 0 Å². The summed E-state index contributed by atoms with van der Waals surface area (Å²) in [5, 5.41) is 33.7. The first kappa shape index (κ1) is 28.6. The fourth-order valence-electron chi connectivity index (χ4n) is 10.6. The minimum absolute atomic E-state index is 0.0630. The SMILES string of the molecule is C[C@H](CCC(=O)N1CCO[C@@H](c2ccccc2)C1)[C@H]1CC[C@H]2[C@@H]3[C@H](O)C[C@@H]4C[C@H](O)CC[C@]4(C)[C@H]3C[C@H](O)[C@]12C. The molecule has 1 aromatic rings. The molecule has 1 aromatic carbocycles. The lowest BCUT2D eigenvalue weighted by Gasteiger charge is -2.63. The summed E-state index contributed by atoms with van der Waals surface area (Å²) in [5.74, 6) is 2.10. The van der Waals surface area contributed by atoms with Gasteiger partial charge in [0.1, 0.15) is 6.10 Å². The zero-order valence-electron chi connectivity index (χ0n) is 24.8. The second-order valence-electron chi connectivity index (χ2n) is 14.7. The van der Waals surface area contributed by atoms with Crippen LogP contribution in [0.4, 0.5) is 0 Å². The predicted molar refractivity (Wildman–Crippen MR) is 154 cm³/mol. The van der Waals surface area contributed by atoms with Gasteiger partial charge in [0.15, 0.2) is 0 Å². The summed E-state index contributed by atoms with van der Waals surface area (Å²) in [4.78, 5) is 15.3. The Morgan fingerprint density at radius 2 is 1.82 bits per heavy atom. The third kappa shape index (κ3) is 4.75. The van der Waals surface area contributed by atoms with Crippen molar-refractivity contribution in [2.24, 2.45) is 46.3 Å². The van der Waals surface area contributed by atoms with Gasteiger partial charge in [-0.2, -0.15) is 0 Å². The number of benzene rings is 1. The number of aliphatic hydroxyl groups is 3. The number of nitrogens with zero attached hydrogens (tertiary/aromatic N) is 1. The number of morpholine rings is 1. The standard InChI is InChI=1S/C34H51NO5/c1-21(9-12-31(39)35-15-16-40-29(20-35)22-7-5-4-6-8-22)25-10-11-26-32-27(19-30(38)34(25,26)3)33(2)14-13-24(36)17-23(33)18-28(32)37/h4-8,21,23-30,32,36-38H,9-20H2,1-3H3/t21-,23+,24-,25-,26+,27+,28-,29-,30+,32+,33+,34-/m1/s1. The second kappa shape index (κ2) is 11.0. The van der Waals surface area contributed by atoms with Crippen molar-refractivity contribution in [2.75, 3.05) is 19.7 Å². The van der Waals surface area contributed by atoms with Crippen molar-refractivity contribution in [3.8, 4) is 0 Å². The molecule has 5 fully saturated rings. The number of rotatable bonds is 5. The lowest BCUT2D eigenvalue weighted by Crippen LogP contribution is -2.62. The van der Waals surface area contributed by atoms with Crippen LogP contribution in [-0.2, 0) is 9.53 Å². The molecule has 1 saturated heterocycles. The molecule has 4 saturated carbocycles. The van der Waals surface area contributed by atoms with Crippen LogP contribution in [0.1, 0.15) is 90.2 Å². The highest BCUT2D eigenvalue weighted by atomic mass is 16.5. The highest BCUT2D eigenvalue weighted by Gasteiger charge is 2.65. The maximum Gasteiger partial charge on any atom is 0.222 e. The molecule has 0 aromatic heterocycles. The van der Waals surface area contributed by atoms with Crippen LogP contribution < -0.4 is 0 Å². The third-order valence-electron chi connectivity index (χ3n) is 12.9. The van der Waals surface area contributed by atoms with Crippen LogP contribution >= 0.6 is 0 Å². The molecule has 222 valence electrons. The van der Waals surface area contributed by atoms with Crippen molar-refractivity contribution >= 4 is 5.91 Å². The zero-order valence-corrected chi connectivity index (χ0v) is 24.8. The number of carbonyl (C=O) groups excluding carboxylic acids is 1. The zero-order chi connectivity index (χ0) is 28.2. The van der Waals surface area contributed by atoms with E-state index in [0.717, 1.165) is 56.9 Å². The fourth-order valence-corrected chi connectivity index (χ4v) is 10.6. The van der Waals surface area contributed by atoms with E-state index in [-0.39, 0.29) is 47.1 Å². The molecule has 0 spiro atoms. The summed E-state index contributed by atoms with van der Waals surface area (Å²) in [6.07, 6.45) is 6.62. The van der Waals surface area contributed by atoms with Gasteiger partial charge in [-0.15, -0.1) is 0 Å². The van der Waals surface area contributed by atoms with Gasteiger partial charge < -0.3 is 25.0 Å². The molecule has 5 aliphatic rings. The van der Waals surface area contributed by atoms with E-state index in [1.807, 2.05) is 23.1 Å². The van der Waals surface area contributed by atoms with E-state index in [1.54, 1.807) is 0 Å². The number of aliphatic hydroxyl groups excluding tert-OH is 3. The van der Waals surface area contributed by atoms with Crippen molar-refractivity contribution in [3.63, 3.8) is 0 Å². The second-order valence-corrected chi connectivity index (χ2v) is 14.7. The van der Waals surface area contributed by atoms with Crippen LogP contribution in [0.2, 0.25) is 0 Å². The molecule has 1 aliphatic heterocycles. The van der Waals surface area contributed by atoms with Crippen LogP contribution in [0, 0.1) is 46.3 Å². The van der Waals surface area contributed by atoms with Gasteiger partial charge in [-0.05, 0) is 103 Å². The van der Waals surface area contributed by atoms with Crippen LogP contribution in [0.25, 0.3) is 0 Å². The Hall–Kier alpha value is -1.47. The Kier molecular flexibility index (Phi) is 7.86. The molecule has 12 atom stereocenters. The number of fused-ring (bicyclic) bond motifs is 5. The highest BCUT2D eigenvalue weighted by Crippen LogP contribution is 2.68. The van der Waals surface area contributed by atoms with Gasteiger partial charge >= 0.3 is 0 Å². The molecule has 0 bridgehead atoms. The molecular weight excluding hydrogens is 502 g/mol. The first-order chi connectivity index (χ1) is 19.1. The highest BCUT2D eigenvalue weighted by molar-refractivity contribution is 5.76. The van der Waals surface area contributed by atoms with Gasteiger partial charge in [0.2, 0.25) is 5.91 Å². The van der Waals surface area contributed by atoms with Crippen molar-refractivity contribution < 1.29 is 24.9 Å². The monoisotopic (exact) mass is 553 g/mol. The molecule has 6 heteroatoms. The molecular formula is C34H51NO5. The average molecular weight is 554 g/mol. The Labute approximate surface area is 240 Å². The van der Waals surface area contributed by atoms with Crippen LogP contribution in [0.3, 0.4) is 0 Å². The van der Waals surface area contributed by atoms with Crippen molar-refractivity contribution in [3.05, 3.63) is 35.9 Å². The molecule has 0 radical (unpaired) electrons. The fraction of sp³-hybridized carbons (Fsp3) is 0.794. The van der Waals surface area contributed by atoms with Gasteiger partial charge in [0.05, 0.1) is 31.5 Å². The van der Waals surface area contributed by atoms with E-state index < -0.39 is 0 Å². The molecule has 1 amide bonds. The largest absolute Gasteiger partial charge is 0.393 e. The van der Waals surface area contributed by atoms with E-state index in [0.29, 0.717) is 55.7 Å². The first-order valence-corrected chi connectivity index (χ1v) is 16.1. The molecule has 0 unspecified atom stereocenters. The van der Waals surface area contributed by atoms with Crippen LogP contribution in [-0.4, -0.2) is 64.1 Å². The Morgan fingerprint density at radius 3 is 2.60 bits per heavy atom. The molecule has 6 nitrogen and oxygen atoms in total. The smallest absolute Gasteiger partial charge is 0.222 e. The molecule has 1 heterocycles. The van der Waals surface area contributed by atoms with Crippen molar-refractivity contribution in [1.82, 2.24) is 4.90 Å². The molecule has 6 rings (SSSR count). The maximum atomic E-state index is 13.3. The van der Waals surface area contributed by atoms with E-state index in [1.165, 1.54) is 0 Å². The molecule has 40 heavy (non-hydrogen) atoms. The van der Waals surface area contributed by atoms with E-state index in [4.69, 9.17) is 4.74 Å². The van der Waals surface area contributed by atoms with Gasteiger partial charge in [0, 0.05) is 13.0 Å². The number of hydrogen-bond acceptors (Lipinski definition) is 5. The number of ether oxygens (including phenoxy) is 1. The molecule has 3 N–H and O–H groups in total. The summed E-state index contributed by atoms with van der Waals surface area (Å²) in [7, 11) is 0. The van der Waals surface area contributed by atoms with Gasteiger partial charge in [-0.25, -0.2) is 0 Å². The topological polar surface area (TPSA) is 90.2 Å². The first-order valence-electron chi connectivity index (χ1n) is 16.1. The summed E-state index contributed by atoms with van der Waals surface area (Å²) >= 11 is 0. The predicted octanol–water partition coefficient (Wildman–Crippen LogP) is 4.96. The Morgan fingerprint density at radius 1 is 1.05 bits per heavy atom. The third-order valence-corrected chi connectivity index (χ3v) is 12.9. The normalized spacial score (nSPS) is 45.8. The van der Waals surface area contributed by atoms with Gasteiger partial charge in [-0.1, -0.05) is 51.1 Å². The van der Waals surface area contributed by atoms with Gasteiger partial charge in [-0.3, -0.25) is 4.79 Å². The Bertz CT molecular complexity index is 1050. The quantitative estimate of drug-likeness (QED) is 0.479. The summed E-state index contributed by atoms with van der Waals surface area (Å²) in [5.41, 5.74) is 0.994. The Balaban J connectivity index is 1.11. The van der Waals surface area contributed by atoms with Crippen molar-refractivity contribution in [1.29, 1.82) is 0 Å². The lowest BCUT2D eigenvalue weighted by atomic mass is 9.43. The number of carbonyl (C=O) groups is 1. The summed E-state index contributed by atoms with van der Waals surface area (Å²) < 4.78 is 5.98. The maximum absolute atomic E-state index is 13.3.